The van der Waals surface area contributed by atoms with E-state index in [1.54, 1.807) is 13.3 Å². The number of rotatable bonds is 4. The Morgan fingerprint density at radius 1 is 1.30 bits per heavy atom. The second-order valence-corrected chi connectivity index (χ2v) is 7.03. The summed E-state index contributed by atoms with van der Waals surface area (Å²) in [5, 5.41) is 21.8. The quantitative estimate of drug-likeness (QED) is 0.648. The molecule has 0 aliphatic heterocycles. The maximum absolute atomic E-state index is 10.0. The van der Waals surface area contributed by atoms with Crippen LogP contribution in [0.15, 0.2) is 30.5 Å². The van der Waals surface area contributed by atoms with Gasteiger partial charge in [-0.25, -0.2) is 9.67 Å². The Kier molecular flexibility index (Phi) is 4.67. The zero-order valence-electron chi connectivity index (χ0n) is 15.5. The molecule has 0 radical (unpaired) electrons. The molecule has 1 aliphatic rings. The minimum Gasteiger partial charge on any atom is -0.494 e. The number of para-hydroxylation sites is 2. The van der Waals surface area contributed by atoms with Crippen molar-refractivity contribution in [2.45, 2.75) is 44.2 Å². The first kappa shape index (κ1) is 17.7. The Labute approximate surface area is 157 Å². The van der Waals surface area contributed by atoms with E-state index in [1.807, 2.05) is 35.9 Å². The number of aliphatic hydroxyl groups excluding tert-OH is 1. The predicted molar refractivity (Wildman–Crippen MR) is 101 cm³/mol. The first-order valence-electron chi connectivity index (χ1n) is 9.12. The molecular weight excluding hydrogens is 344 g/mol. The molecule has 0 spiro atoms. The van der Waals surface area contributed by atoms with Crippen LogP contribution in [-0.4, -0.2) is 49.3 Å². The van der Waals surface area contributed by atoms with Gasteiger partial charge in [0.1, 0.15) is 17.3 Å². The van der Waals surface area contributed by atoms with Crippen molar-refractivity contribution in [1.29, 1.82) is 0 Å². The fourth-order valence-electron chi connectivity index (χ4n) is 3.68. The number of aromatic nitrogens is 5. The number of methoxy groups -OCH3 is 1. The number of H-pyrrole nitrogens is 1. The number of hydrogen-bond acceptors (Lipinski definition) is 6. The molecular formula is C19H24N6O2. The second-order valence-electron chi connectivity index (χ2n) is 7.03. The molecule has 0 saturated heterocycles. The molecule has 8 heteroatoms. The summed E-state index contributed by atoms with van der Waals surface area (Å²) in [5.41, 5.74) is 8.73. The van der Waals surface area contributed by atoms with Crippen LogP contribution in [0.1, 0.15) is 36.7 Å². The van der Waals surface area contributed by atoms with E-state index in [0.29, 0.717) is 18.7 Å². The number of nitrogens with zero attached hydrogens (tertiary/aromatic N) is 4. The molecule has 27 heavy (non-hydrogen) atoms. The van der Waals surface area contributed by atoms with Crippen LogP contribution in [-0.2, 0) is 0 Å². The van der Waals surface area contributed by atoms with Crippen molar-refractivity contribution in [2.24, 2.45) is 5.73 Å². The number of ether oxygens (including phenoxy) is 1. The highest BCUT2D eigenvalue weighted by Crippen LogP contribution is 2.35. The SMILES string of the molecule is COc1ccccc1-n1nc(-c2cn[nH]c2C)nc1[C@H]1CC[C@@H](O)[C@H](N)C1. The Bertz CT molecular complexity index is 934. The Balaban J connectivity index is 1.83. The predicted octanol–water partition coefficient (Wildman–Crippen LogP) is 1.93. The molecule has 0 bridgehead atoms. The minimum absolute atomic E-state index is 0.113. The Hall–Kier alpha value is -2.71. The highest BCUT2D eigenvalue weighted by atomic mass is 16.5. The van der Waals surface area contributed by atoms with E-state index in [-0.39, 0.29) is 12.0 Å². The lowest BCUT2D eigenvalue weighted by Gasteiger charge is -2.30. The van der Waals surface area contributed by atoms with Gasteiger partial charge >= 0.3 is 0 Å². The molecule has 0 amide bonds. The number of aliphatic hydroxyl groups is 1. The molecule has 1 aliphatic carbocycles. The summed E-state index contributed by atoms with van der Waals surface area (Å²) < 4.78 is 7.38. The standard InChI is InChI=1S/C19H24N6O2/c1-11-13(10-21-23-11)18-22-19(12-7-8-16(26)14(20)9-12)25(24-18)15-5-3-4-6-17(15)27-2/h3-6,10,12,14,16,26H,7-9,20H2,1-2H3,(H,21,23)/t12-,14+,16+/m0/s1. The largest absolute Gasteiger partial charge is 0.494 e. The third-order valence-corrected chi connectivity index (χ3v) is 5.24. The summed E-state index contributed by atoms with van der Waals surface area (Å²) in [5.74, 6) is 2.28. The average Bonchev–Trinajstić information content (AvgIpc) is 3.30. The van der Waals surface area contributed by atoms with Crippen molar-refractivity contribution in [3.05, 3.63) is 42.0 Å². The van der Waals surface area contributed by atoms with Gasteiger partial charge in [0.25, 0.3) is 0 Å². The van der Waals surface area contributed by atoms with E-state index in [1.165, 1.54) is 0 Å². The molecule has 1 saturated carbocycles. The third kappa shape index (κ3) is 3.22. The van der Waals surface area contributed by atoms with E-state index in [0.717, 1.165) is 34.9 Å². The van der Waals surface area contributed by atoms with E-state index < -0.39 is 6.10 Å². The first-order chi connectivity index (χ1) is 13.1. The molecule has 142 valence electrons. The molecule has 8 nitrogen and oxygen atoms in total. The number of nitrogens with one attached hydrogen (secondary N) is 1. The van der Waals surface area contributed by atoms with Crippen LogP contribution in [0.3, 0.4) is 0 Å². The fourth-order valence-corrected chi connectivity index (χ4v) is 3.68. The summed E-state index contributed by atoms with van der Waals surface area (Å²) >= 11 is 0. The van der Waals surface area contributed by atoms with Crippen molar-refractivity contribution < 1.29 is 9.84 Å². The van der Waals surface area contributed by atoms with Gasteiger partial charge in [-0.15, -0.1) is 5.10 Å². The molecule has 3 aromatic rings. The smallest absolute Gasteiger partial charge is 0.185 e. The highest BCUT2D eigenvalue weighted by Gasteiger charge is 2.32. The van der Waals surface area contributed by atoms with Crippen molar-refractivity contribution >= 4 is 0 Å². The van der Waals surface area contributed by atoms with E-state index in [9.17, 15) is 5.11 Å². The normalized spacial score (nSPS) is 22.7. The molecule has 1 fully saturated rings. The van der Waals surface area contributed by atoms with Gasteiger partial charge in [0, 0.05) is 17.7 Å². The highest BCUT2D eigenvalue weighted by molar-refractivity contribution is 5.57. The van der Waals surface area contributed by atoms with Crippen LogP contribution in [0.25, 0.3) is 17.1 Å². The van der Waals surface area contributed by atoms with Crippen molar-refractivity contribution in [1.82, 2.24) is 25.0 Å². The zero-order chi connectivity index (χ0) is 19.0. The molecule has 4 rings (SSSR count). The average molecular weight is 368 g/mol. The summed E-state index contributed by atoms with van der Waals surface area (Å²) in [6.45, 7) is 1.94. The van der Waals surface area contributed by atoms with Gasteiger partial charge in [-0.05, 0) is 38.3 Å². The minimum atomic E-state index is -0.459. The summed E-state index contributed by atoms with van der Waals surface area (Å²) in [6, 6.07) is 7.47. The lowest BCUT2D eigenvalue weighted by molar-refractivity contribution is 0.0989. The number of hydrogen-bond donors (Lipinski definition) is 3. The van der Waals surface area contributed by atoms with Crippen LogP contribution in [0, 0.1) is 6.92 Å². The number of aryl methyl sites for hydroxylation is 1. The molecule has 2 heterocycles. The molecule has 1 aromatic carbocycles. The lowest BCUT2D eigenvalue weighted by Crippen LogP contribution is -2.40. The maximum Gasteiger partial charge on any atom is 0.185 e. The topological polar surface area (TPSA) is 115 Å². The van der Waals surface area contributed by atoms with Gasteiger partial charge < -0.3 is 15.6 Å². The van der Waals surface area contributed by atoms with E-state index in [2.05, 4.69) is 10.2 Å². The van der Waals surface area contributed by atoms with Gasteiger partial charge in [0.2, 0.25) is 0 Å². The lowest BCUT2D eigenvalue weighted by atomic mass is 9.83. The van der Waals surface area contributed by atoms with E-state index >= 15 is 0 Å². The van der Waals surface area contributed by atoms with Gasteiger partial charge in [-0.3, -0.25) is 5.10 Å². The van der Waals surface area contributed by atoms with Crippen LogP contribution in [0.4, 0.5) is 0 Å². The van der Waals surface area contributed by atoms with Crippen molar-refractivity contribution in [2.75, 3.05) is 7.11 Å². The van der Waals surface area contributed by atoms with Crippen molar-refractivity contribution in [3.8, 4) is 22.8 Å². The maximum atomic E-state index is 10.0. The molecule has 2 aromatic heterocycles. The van der Waals surface area contributed by atoms with Gasteiger partial charge in [-0.2, -0.15) is 5.10 Å². The van der Waals surface area contributed by atoms with Gasteiger partial charge in [0.15, 0.2) is 5.82 Å². The summed E-state index contributed by atoms with van der Waals surface area (Å²) in [7, 11) is 1.64. The number of aromatic amines is 1. The van der Waals surface area contributed by atoms with E-state index in [4.69, 9.17) is 20.6 Å². The van der Waals surface area contributed by atoms with Gasteiger partial charge in [-0.1, -0.05) is 12.1 Å². The molecule has 4 N–H and O–H groups in total. The zero-order valence-corrected chi connectivity index (χ0v) is 15.5. The Morgan fingerprint density at radius 3 is 2.81 bits per heavy atom. The number of nitrogens with two attached hydrogens (primary N) is 1. The second kappa shape index (κ2) is 7.13. The Morgan fingerprint density at radius 2 is 2.11 bits per heavy atom. The monoisotopic (exact) mass is 368 g/mol. The van der Waals surface area contributed by atoms with Crippen LogP contribution < -0.4 is 10.5 Å². The fraction of sp³-hybridized carbons (Fsp3) is 0.421. The summed E-state index contributed by atoms with van der Waals surface area (Å²) in [6.07, 6.45) is 3.41. The number of benzene rings is 1. The first-order valence-corrected chi connectivity index (χ1v) is 9.12. The molecule has 0 unspecified atom stereocenters. The summed E-state index contributed by atoms with van der Waals surface area (Å²) in [4.78, 5) is 4.85. The molecule has 3 atom stereocenters. The third-order valence-electron chi connectivity index (χ3n) is 5.24. The van der Waals surface area contributed by atoms with Crippen LogP contribution >= 0.6 is 0 Å². The van der Waals surface area contributed by atoms with Gasteiger partial charge in [0.05, 0.1) is 25.0 Å². The van der Waals surface area contributed by atoms with Crippen LogP contribution in [0.2, 0.25) is 0 Å². The van der Waals surface area contributed by atoms with Crippen LogP contribution in [0.5, 0.6) is 5.75 Å². The van der Waals surface area contributed by atoms with Crippen molar-refractivity contribution in [3.63, 3.8) is 0 Å².